The largest absolute Gasteiger partial charge is 0.475 e. The highest BCUT2D eigenvalue weighted by Gasteiger charge is 2.24. The van der Waals surface area contributed by atoms with E-state index in [0.29, 0.717) is 5.76 Å². The lowest BCUT2D eigenvalue weighted by Crippen LogP contribution is -2.26. The summed E-state index contributed by atoms with van der Waals surface area (Å²) in [5, 5.41) is 12.2. The molecule has 0 amide bonds. The summed E-state index contributed by atoms with van der Waals surface area (Å²) in [7, 11) is 0. The molecule has 2 rings (SSSR count). The van der Waals surface area contributed by atoms with Crippen molar-refractivity contribution in [2.45, 2.75) is 39.2 Å². The molecule has 0 bridgehead atoms. The summed E-state index contributed by atoms with van der Waals surface area (Å²) in [4.78, 5) is 10.7. The highest BCUT2D eigenvalue weighted by Crippen LogP contribution is 2.31. The van der Waals surface area contributed by atoms with Gasteiger partial charge in [0.25, 0.3) is 0 Å². The second-order valence-corrected chi connectivity index (χ2v) is 5.31. The summed E-state index contributed by atoms with van der Waals surface area (Å²) >= 11 is 0. The van der Waals surface area contributed by atoms with Crippen LogP contribution in [0.1, 0.15) is 55.5 Å². The normalized spacial score (nSPS) is 25.2. The number of carboxylic acid groups (broad SMARTS) is 1. The SMILES string of the molecule is CC(NCC1CCCC1C)c1ccc(C(=O)O)o1. The van der Waals surface area contributed by atoms with Crippen LogP contribution in [0.2, 0.25) is 0 Å². The molecule has 1 aliphatic rings. The molecule has 0 radical (unpaired) electrons. The molecule has 1 fully saturated rings. The van der Waals surface area contributed by atoms with Crippen molar-refractivity contribution in [3.05, 3.63) is 23.7 Å². The molecule has 3 atom stereocenters. The first-order valence-corrected chi connectivity index (χ1v) is 6.64. The van der Waals surface area contributed by atoms with Crippen molar-refractivity contribution in [3.8, 4) is 0 Å². The molecule has 100 valence electrons. The minimum Gasteiger partial charge on any atom is -0.475 e. The van der Waals surface area contributed by atoms with E-state index in [1.165, 1.54) is 25.3 Å². The Morgan fingerprint density at radius 1 is 1.56 bits per heavy atom. The Kier molecular flexibility index (Phi) is 4.07. The van der Waals surface area contributed by atoms with Gasteiger partial charge in [-0.15, -0.1) is 0 Å². The number of furan rings is 1. The maximum atomic E-state index is 10.7. The van der Waals surface area contributed by atoms with Crippen LogP contribution in [-0.4, -0.2) is 17.6 Å². The summed E-state index contributed by atoms with van der Waals surface area (Å²) < 4.78 is 5.29. The van der Waals surface area contributed by atoms with E-state index >= 15 is 0 Å². The number of hydrogen-bond acceptors (Lipinski definition) is 3. The first-order chi connectivity index (χ1) is 8.58. The minimum absolute atomic E-state index is 0.00730. The predicted octanol–water partition coefficient (Wildman–Crippen LogP) is 3.06. The van der Waals surface area contributed by atoms with Crippen LogP contribution in [0, 0.1) is 11.8 Å². The standard InChI is InChI=1S/C14H21NO3/c1-9-4-3-5-11(9)8-15-10(2)12-6-7-13(18-12)14(16)17/h6-7,9-11,15H,3-5,8H2,1-2H3,(H,16,17). The van der Waals surface area contributed by atoms with Gasteiger partial charge < -0.3 is 14.8 Å². The van der Waals surface area contributed by atoms with Gasteiger partial charge in [-0.25, -0.2) is 4.79 Å². The number of nitrogens with one attached hydrogen (secondary N) is 1. The Morgan fingerprint density at radius 2 is 2.33 bits per heavy atom. The van der Waals surface area contributed by atoms with E-state index in [-0.39, 0.29) is 11.8 Å². The van der Waals surface area contributed by atoms with Gasteiger partial charge in [0.05, 0.1) is 6.04 Å². The van der Waals surface area contributed by atoms with Crippen molar-refractivity contribution in [2.24, 2.45) is 11.8 Å². The Bertz CT molecular complexity index is 413. The Labute approximate surface area is 107 Å². The van der Waals surface area contributed by atoms with Crippen LogP contribution in [0.4, 0.5) is 0 Å². The zero-order valence-electron chi connectivity index (χ0n) is 11.0. The molecule has 1 aliphatic carbocycles. The van der Waals surface area contributed by atoms with Crippen molar-refractivity contribution in [3.63, 3.8) is 0 Å². The summed E-state index contributed by atoms with van der Waals surface area (Å²) in [6.45, 7) is 5.29. The zero-order chi connectivity index (χ0) is 13.1. The molecule has 4 nitrogen and oxygen atoms in total. The molecule has 4 heteroatoms. The van der Waals surface area contributed by atoms with E-state index in [2.05, 4.69) is 12.2 Å². The van der Waals surface area contributed by atoms with Crippen LogP contribution in [0.25, 0.3) is 0 Å². The summed E-state index contributed by atoms with van der Waals surface area (Å²) in [5.41, 5.74) is 0. The van der Waals surface area contributed by atoms with E-state index in [4.69, 9.17) is 9.52 Å². The Hall–Kier alpha value is -1.29. The van der Waals surface area contributed by atoms with Crippen molar-refractivity contribution in [1.82, 2.24) is 5.32 Å². The first-order valence-electron chi connectivity index (χ1n) is 6.64. The average molecular weight is 251 g/mol. The molecular weight excluding hydrogens is 230 g/mol. The van der Waals surface area contributed by atoms with Crippen LogP contribution in [0.15, 0.2) is 16.5 Å². The molecular formula is C14H21NO3. The third kappa shape index (κ3) is 2.93. The lowest BCUT2D eigenvalue weighted by molar-refractivity contribution is 0.0659. The van der Waals surface area contributed by atoms with Crippen molar-refractivity contribution < 1.29 is 14.3 Å². The lowest BCUT2D eigenvalue weighted by Gasteiger charge is -2.18. The van der Waals surface area contributed by atoms with Crippen molar-refractivity contribution in [1.29, 1.82) is 0 Å². The fourth-order valence-corrected chi connectivity index (χ4v) is 2.65. The number of carboxylic acids is 1. The smallest absolute Gasteiger partial charge is 0.371 e. The van der Waals surface area contributed by atoms with Crippen molar-refractivity contribution in [2.75, 3.05) is 6.54 Å². The third-order valence-corrected chi connectivity index (χ3v) is 3.99. The minimum atomic E-state index is -1.02. The van der Waals surface area contributed by atoms with Gasteiger partial charge >= 0.3 is 5.97 Å². The maximum absolute atomic E-state index is 10.7. The van der Waals surface area contributed by atoms with Crippen LogP contribution < -0.4 is 5.32 Å². The number of aromatic carboxylic acids is 1. The molecule has 0 saturated heterocycles. The molecule has 3 unspecified atom stereocenters. The second-order valence-electron chi connectivity index (χ2n) is 5.31. The molecule has 0 spiro atoms. The number of hydrogen-bond donors (Lipinski definition) is 2. The van der Waals surface area contributed by atoms with Gasteiger partial charge in [0.15, 0.2) is 0 Å². The highest BCUT2D eigenvalue weighted by atomic mass is 16.4. The van der Waals surface area contributed by atoms with Crippen molar-refractivity contribution >= 4 is 5.97 Å². The average Bonchev–Trinajstić information content (AvgIpc) is 2.94. The van der Waals surface area contributed by atoms with Crippen LogP contribution in [0.5, 0.6) is 0 Å². The molecule has 2 N–H and O–H groups in total. The molecule has 18 heavy (non-hydrogen) atoms. The Balaban J connectivity index is 1.86. The van der Waals surface area contributed by atoms with Gasteiger partial charge in [0.2, 0.25) is 5.76 Å². The van der Waals surface area contributed by atoms with Gasteiger partial charge in [0, 0.05) is 0 Å². The second kappa shape index (κ2) is 5.57. The van der Waals surface area contributed by atoms with Gasteiger partial charge in [-0.1, -0.05) is 19.8 Å². The van der Waals surface area contributed by atoms with Gasteiger partial charge in [-0.2, -0.15) is 0 Å². The van der Waals surface area contributed by atoms with Gasteiger partial charge in [-0.3, -0.25) is 0 Å². The zero-order valence-corrected chi connectivity index (χ0v) is 11.0. The van der Waals surface area contributed by atoms with E-state index in [0.717, 1.165) is 18.4 Å². The number of carbonyl (C=O) groups is 1. The molecule has 1 heterocycles. The topological polar surface area (TPSA) is 62.5 Å². The lowest BCUT2D eigenvalue weighted by atomic mass is 9.98. The molecule has 0 aromatic carbocycles. The third-order valence-electron chi connectivity index (χ3n) is 3.99. The van der Waals surface area contributed by atoms with Crippen LogP contribution in [-0.2, 0) is 0 Å². The molecule has 1 aromatic heterocycles. The maximum Gasteiger partial charge on any atom is 0.371 e. The first kappa shape index (κ1) is 13.1. The fraction of sp³-hybridized carbons (Fsp3) is 0.643. The van der Waals surface area contributed by atoms with Crippen LogP contribution in [0.3, 0.4) is 0 Å². The van der Waals surface area contributed by atoms with Gasteiger partial charge in [0.1, 0.15) is 5.76 Å². The molecule has 1 saturated carbocycles. The van der Waals surface area contributed by atoms with E-state index < -0.39 is 5.97 Å². The summed E-state index contributed by atoms with van der Waals surface area (Å²) in [6, 6.07) is 3.30. The Morgan fingerprint density at radius 3 is 2.89 bits per heavy atom. The summed E-state index contributed by atoms with van der Waals surface area (Å²) in [6.07, 6.45) is 3.94. The van der Waals surface area contributed by atoms with Gasteiger partial charge in [-0.05, 0) is 43.9 Å². The molecule has 1 aromatic rings. The van der Waals surface area contributed by atoms with E-state index in [9.17, 15) is 4.79 Å². The highest BCUT2D eigenvalue weighted by molar-refractivity contribution is 5.84. The predicted molar refractivity (Wildman–Crippen MR) is 68.6 cm³/mol. The molecule has 0 aliphatic heterocycles. The monoisotopic (exact) mass is 251 g/mol. The van der Waals surface area contributed by atoms with Crippen LogP contribution >= 0.6 is 0 Å². The number of rotatable bonds is 5. The summed E-state index contributed by atoms with van der Waals surface area (Å²) in [5.74, 6) is 1.21. The fourth-order valence-electron chi connectivity index (χ4n) is 2.65. The van der Waals surface area contributed by atoms with E-state index in [1.807, 2.05) is 6.92 Å². The van der Waals surface area contributed by atoms with E-state index in [1.54, 1.807) is 6.07 Å². The quantitative estimate of drug-likeness (QED) is 0.844.